The van der Waals surface area contributed by atoms with Gasteiger partial charge in [0.25, 0.3) is 0 Å². The van der Waals surface area contributed by atoms with Crippen LogP contribution in [0.5, 0.6) is 0 Å². The van der Waals surface area contributed by atoms with Crippen molar-refractivity contribution in [3.05, 3.63) is 18.1 Å². The maximum Gasteiger partial charge on any atom is 1.00 e. The van der Waals surface area contributed by atoms with E-state index in [1.165, 1.54) is 31.3 Å². The fourth-order valence-corrected chi connectivity index (χ4v) is 2.16. The molecular weight excluding hydrogens is 151 g/mol. The second-order valence-electron chi connectivity index (χ2n) is 4.48. The predicted molar refractivity (Wildman–Crippen MR) is 54.9 cm³/mol. The second kappa shape index (κ2) is 5.94. The Hall–Kier alpha value is 0.337. The zero-order valence-corrected chi connectivity index (χ0v) is 9.69. The summed E-state index contributed by atoms with van der Waals surface area (Å²) >= 11 is 0. The molecule has 0 amide bonds. The zero-order chi connectivity index (χ0) is 9.14. The van der Waals surface area contributed by atoms with Crippen molar-refractivity contribution < 1.29 is 18.9 Å². The Morgan fingerprint density at radius 2 is 1.92 bits per heavy atom. The summed E-state index contributed by atoms with van der Waals surface area (Å²) in [7, 11) is 0. The quantitative estimate of drug-likeness (QED) is 0.331. The predicted octanol–water partition coefficient (Wildman–Crippen LogP) is 0.987. The van der Waals surface area contributed by atoms with Crippen LogP contribution >= 0.6 is 0 Å². The van der Waals surface area contributed by atoms with E-state index in [1.807, 2.05) is 0 Å². The molecule has 0 N–H and O–H groups in total. The standard InChI is InChI=1S/C12H21.Li/c1-9(2)11-6-5-7-12(8-11)10(3)4;/h11-12H,1,5-8H2,2-4H3;/q-1;+1/t11-,12-;/m1./s1. The average Bonchev–Trinajstić information content (AvgIpc) is 2.04. The Kier molecular flexibility index (Phi) is 6.10. The summed E-state index contributed by atoms with van der Waals surface area (Å²) in [5.41, 5.74) is 1.39. The maximum absolute atomic E-state index is 4.06. The monoisotopic (exact) mass is 172 g/mol. The molecule has 1 aliphatic carbocycles. The molecule has 0 radical (unpaired) electrons. The van der Waals surface area contributed by atoms with Crippen LogP contribution in [-0.4, -0.2) is 0 Å². The van der Waals surface area contributed by atoms with Gasteiger partial charge in [-0.2, -0.15) is 19.8 Å². The van der Waals surface area contributed by atoms with E-state index in [2.05, 4.69) is 27.4 Å². The van der Waals surface area contributed by atoms with Crippen LogP contribution in [0.1, 0.15) is 46.5 Å². The third kappa shape index (κ3) is 3.92. The Labute approximate surface area is 95.4 Å². The third-order valence-electron chi connectivity index (χ3n) is 3.19. The minimum absolute atomic E-state index is 0. The van der Waals surface area contributed by atoms with Gasteiger partial charge >= 0.3 is 18.9 Å². The average molecular weight is 172 g/mol. The number of allylic oxidation sites excluding steroid dienone is 1. The SMILES string of the molecule is C=C(C)[C@@H]1CCC[C@@H]([C-](C)C)C1.[Li+]. The van der Waals surface area contributed by atoms with Crippen molar-refractivity contribution in [1.29, 1.82) is 0 Å². The van der Waals surface area contributed by atoms with Gasteiger partial charge in [-0.05, 0) is 19.3 Å². The number of rotatable bonds is 2. The van der Waals surface area contributed by atoms with Crippen LogP contribution in [0.4, 0.5) is 0 Å². The van der Waals surface area contributed by atoms with Crippen LogP contribution in [0, 0.1) is 17.8 Å². The smallest absolute Gasteiger partial charge is 0.317 e. The third-order valence-corrected chi connectivity index (χ3v) is 3.19. The molecule has 0 aromatic carbocycles. The van der Waals surface area contributed by atoms with Crippen molar-refractivity contribution in [1.82, 2.24) is 0 Å². The van der Waals surface area contributed by atoms with Gasteiger partial charge in [0.2, 0.25) is 0 Å². The molecule has 2 atom stereocenters. The van der Waals surface area contributed by atoms with E-state index in [-0.39, 0.29) is 18.9 Å². The molecule has 0 aliphatic heterocycles. The van der Waals surface area contributed by atoms with E-state index < -0.39 is 0 Å². The number of hydrogen-bond acceptors (Lipinski definition) is 0. The molecule has 13 heavy (non-hydrogen) atoms. The van der Waals surface area contributed by atoms with Crippen molar-refractivity contribution in [3.63, 3.8) is 0 Å². The summed E-state index contributed by atoms with van der Waals surface area (Å²) in [4.78, 5) is 0. The minimum atomic E-state index is 0. The molecule has 0 saturated heterocycles. The fraction of sp³-hybridized carbons (Fsp3) is 0.750. The van der Waals surface area contributed by atoms with Crippen LogP contribution in [-0.2, 0) is 0 Å². The van der Waals surface area contributed by atoms with E-state index >= 15 is 0 Å². The van der Waals surface area contributed by atoms with Crippen LogP contribution in [0.3, 0.4) is 0 Å². The molecule has 0 aromatic rings. The van der Waals surface area contributed by atoms with Crippen molar-refractivity contribution in [2.75, 3.05) is 0 Å². The first-order chi connectivity index (χ1) is 5.61. The van der Waals surface area contributed by atoms with Gasteiger partial charge in [-0.1, -0.05) is 31.4 Å². The molecule has 1 aliphatic rings. The van der Waals surface area contributed by atoms with Gasteiger partial charge in [-0.25, -0.2) is 0 Å². The summed E-state index contributed by atoms with van der Waals surface area (Å²) in [5.74, 6) is 3.29. The van der Waals surface area contributed by atoms with Crippen molar-refractivity contribution in [2.45, 2.75) is 46.5 Å². The summed E-state index contributed by atoms with van der Waals surface area (Å²) in [6.07, 6.45) is 5.54. The Balaban J connectivity index is 0.00000144. The molecule has 1 rings (SSSR count). The molecule has 1 saturated carbocycles. The molecule has 0 spiro atoms. The van der Waals surface area contributed by atoms with Gasteiger partial charge in [-0.15, -0.1) is 0 Å². The normalized spacial score (nSPS) is 28.3. The first-order valence-electron chi connectivity index (χ1n) is 5.06. The van der Waals surface area contributed by atoms with E-state index in [1.54, 1.807) is 5.92 Å². The van der Waals surface area contributed by atoms with Gasteiger partial charge in [0.05, 0.1) is 0 Å². The van der Waals surface area contributed by atoms with Gasteiger partial charge in [-0.3, -0.25) is 0 Å². The number of hydrogen-bond donors (Lipinski definition) is 0. The molecule has 1 fully saturated rings. The maximum atomic E-state index is 4.06. The van der Waals surface area contributed by atoms with Gasteiger partial charge < -0.3 is 5.92 Å². The first-order valence-corrected chi connectivity index (χ1v) is 5.06. The summed E-state index contributed by atoms with van der Waals surface area (Å²) in [6, 6.07) is 0. The first kappa shape index (κ1) is 13.3. The van der Waals surface area contributed by atoms with Crippen LogP contribution in [0.25, 0.3) is 0 Å². The molecule has 0 heterocycles. The fourth-order valence-electron chi connectivity index (χ4n) is 2.16. The Morgan fingerprint density at radius 1 is 1.31 bits per heavy atom. The van der Waals surface area contributed by atoms with Crippen LogP contribution in [0.15, 0.2) is 12.2 Å². The molecule has 0 bridgehead atoms. The summed E-state index contributed by atoms with van der Waals surface area (Å²) in [6.45, 7) is 10.8. The van der Waals surface area contributed by atoms with Crippen molar-refractivity contribution in [3.8, 4) is 0 Å². The van der Waals surface area contributed by atoms with E-state index in [0.717, 1.165) is 11.8 Å². The second-order valence-corrected chi connectivity index (χ2v) is 4.48. The molecule has 0 aromatic heterocycles. The van der Waals surface area contributed by atoms with Gasteiger partial charge in [0.1, 0.15) is 0 Å². The van der Waals surface area contributed by atoms with Crippen LogP contribution < -0.4 is 18.9 Å². The molecule has 0 nitrogen and oxygen atoms in total. The largest absolute Gasteiger partial charge is 1.00 e. The zero-order valence-electron chi connectivity index (χ0n) is 9.69. The topological polar surface area (TPSA) is 0 Å². The van der Waals surface area contributed by atoms with Gasteiger partial charge in [0.15, 0.2) is 0 Å². The minimum Gasteiger partial charge on any atom is -0.317 e. The molecular formula is C12H21Li. The van der Waals surface area contributed by atoms with Gasteiger partial charge in [0, 0.05) is 0 Å². The summed E-state index contributed by atoms with van der Waals surface area (Å²) < 4.78 is 0. The van der Waals surface area contributed by atoms with E-state index in [9.17, 15) is 0 Å². The Bertz CT molecular complexity index is 161. The molecule has 0 unspecified atom stereocenters. The Morgan fingerprint density at radius 3 is 2.38 bits per heavy atom. The van der Waals surface area contributed by atoms with E-state index in [4.69, 9.17) is 0 Å². The van der Waals surface area contributed by atoms with E-state index in [0.29, 0.717) is 0 Å². The van der Waals surface area contributed by atoms with Crippen molar-refractivity contribution in [2.24, 2.45) is 11.8 Å². The van der Waals surface area contributed by atoms with Crippen LogP contribution in [0.2, 0.25) is 0 Å². The molecule has 1 heteroatoms. The summed E-state index contributed by atoms with van der Waals surface area (Å²) in [5, 5.41) is 0. The van der Waals surface area contributed by atoms with Crippen molar-refractivity contribution >= 4 is 0 Å². The molecule has 70 valence electrons.